The van der Waals surface area contributed by atoms with Gasteiger partial charge >= 0.3 is 0 Å². The molecule has 1 unspecified atom stereocenters. The first-order valence-electron chi connectivity index (χ1n) is 11.3. The summed E-state index contributed by atoms with van der Waals surface area (Å²) in [5.74, 6) is 1.62. The lowest BCUT2D eigenvalue weighted by Crippen LogP contribution is -2.39. The van der Waals surface area contributed by atoms with Crippen LogP contribution >= 0.6 is 11.6 Å². The second-order valence-electron chi connectivity index (χ2n) is 8.71. The number of nitrogens with one attached hydrogen (secondary N) is 1. The summed E-state index contributed by atoms with van der Waals surface area (Å²) >= 11 is 5.95. The zero-order valence-electron chi connectivity index (χ0n) is 20.0. The summed E-state index contributed by atoms with van der Waals surface area (Å²) in [6, 6.07) is 15.7. The summed E-state index contributed by atoms with van der Waals surface area (Å²) < 4.78 is 11.6. The predicted molar refractivity (Wildman–Crippen MR) is 132 cm³/mol. The monoisotopic (exact) mass is 446 g/mol. The molecule has 5 heteroatoms. The van der Waals surface area contributed by atoms with Gasteiger partial charge in [-0.15, -0.1) is 0 Å². The zero-order valence-corrected chi connectivity index (χ0v) is 20.7. The molecule has 2 aromatic carbocycles. The maximum atomic E-state index is 6.05. The zero-order chi connectivity index (χ0) is 22.8. The Hall–Kier alpha value is -1.75. The number of rotatable bonds is 13. The van der Waals surface area contributed by atoms with Crippen LogP contribution in [0.15, 0.2) is 42.5 Å². The van der Waals surface area contributed by atoms with E-state index in [1.807, 2.05) is 18.2 Å². The molecule has 0 spiro atoms. The molecule has 4 nitrogen and oxygen atoms in total. The number of aryl methyl sites for hydroxylation is 1. The fourth-order valence-electron chi connectivity index (χ4n) is 3.74. The Labute approximate surface area is 193 Å². The molecule has 0 aromatic heterocycles. The van der Waals surface area contributed by atoms with Crippen molar-refractivity contribution in [2.24, 2.45) is 0 Å². The van der Waals surface area contributed by atoms with Crippen molar-refractivity contribution in [1.29, 1.82) is 0 Å². The molecule has 0 radical (unpaired) electrons. The molecule has 0 saturated heterocycles. The van der Waals surface area contributed by atoms with Gasteiger partial charge in [-0.3, -0.25) is 4.90 Å². The summed E-state index contributed by atoms with van der Waals surface area (Å²) in [5.41, 5.74) is 2.50. The van der Waals surface area contributed by atoms with Crippen LogP contribution in [0.4, 0.5) is 0 Å². The van der Waals surface area contributed by atoms with E-state index in [1.54, 1.807) is 7.11 Å². The molecule has 2 aromatic rings. The Balaban J connectivity index is 1.82. The number of benzene rings is 2. The van der Waals surface area contributed by atoms with Gasteiger partial charge in [-0.1, -0.05) is 29.8 Å². The van der Waals surface area contributed by atoms with Gasteiger partial charge in [0.1, 0.15) is 6.61 Å². The lowest BCUT2D eigenvalue weighted by atomic mass is 10.1. The smallest absolute Gasteiger partial charge is 0.161 e. The van der Waals surface area contributed by atoms with Crippen molar-refractivity contribution in [2.75, 3.05) is 20.3 Å². The van der Waals surface area contributed by atoms with Crippen LogP contribution < -0.4 is 14.8 Å². The van der Waals surface area contributed by atoms with Gasteiger partial charge in [0.25, 0.3) is 0 Å². The first-order chi connectivity index (χ1) is 14.8. The van der Waals surface area contributed by atoms with Crippen molar-refractivity contribution in [3.63, 3.8) is 0 Å². The Morgan fingerprint density at radius 1 is 0.903 bits per heavy atom. The highest BCUT2D eigenvalue weighted by Crippen LogP contribution is 2.28. The van der Waals surface area contributed by atoms with E-state index in [9.17, 15) is 0 Å². The second kappa shape index (κ2) is 12.9. The minimum Gasteiger partial charge on any atom is -0.493 e. The molecule has 0 aliphatic carbocycles. The third-order valence-electron chi connectivity index (χ3n) is 5.60. The standard InChI is InChI=1S/C26H39ClN2O2/c1-19(2)29(20(3)4)15-16-31-25-14-11-22(17-26(25)30-6)8-7-21(5)28-18-23-9-12-24(27)13-10-23/h9-14,17,19-21,28H,7-8,15-16,18H2,1-6H3. The van der Waals surface area contributed by atoms with Crippen LogP contribution in [-0.4, -0.2) is 43.3 Å². The van der Waals surface area contributed by atoms with E-state index in [0.29, 0.717) is 24.7 Å². The quantitative estimate of drug-likeness (QED) is 0.411. The topological polar surface area (TPSA) is 33.7 Å². The van der Waals surface area contributed by atoms with Crippen molar-refractivity contribution in [1.82, 2.24) is 10.2 Å². The lowest BCUT2D eigenvalue weighted by molar-refractivity contribution is 0.140. The summed E-state index contributed by atoms with van der Waals surface area (Å²) in [5, 5.41) is 4.35. The number of methoxy groups -OCH3 is 1. The third kappa shape index (κ3) is 8.72. The van der Waals surface area contributed by atoms with Crippen molar-refractivity contribution < 1.29 is 9.47 Å². The third-order valence-corrected chi connectivity index (χ3v) is 5.85. The maximum Gasteiger partial charge on any atom is 0.161 e. The van der Waals surface area contributed by atoms with E-state index in [0.717, 1.165) is 42.5 Å². The Kier molecular flexibility index (Phi) is 10.7. The first-order valence-corrected chi connectivity index (χ1v) is 11.7. The van der Waals surface area contributed by atoms with E-state index in [-0.39, 0.29) is 0 Å². The summed E-state index contributed by atoms with van der Waals surface area (Å²) in [6.07, 6.45) is 2.04. The molecule has 0 saturated carbocycles. The molecule has 31 heavy (non-hydrogen) atoms. The van der Waals surface area contributed by atoms with Crippen LogP contribution in [0.1, 0.15) is 52.2 Å². The highest BCUT2D eigenvalue weighted by atomic mass is 35.5. The highest BCUT2D eigenvalue weighted by molar-refractivity contribution is 6.30. The van der Waals surface area contributed by atoms with E-state index < -0.39 is 0 Å². The molecule has 0 fully saturated rings. The average molecular weight is 447 g/mol. The Bertz CT molecular complexity index is 769. The van der Waals surface area contributed by atoms with Gasteiger partial charge in [0.05, 0.1) is 7.11 Å². The Morgan fingerprint density at radius 2 is 1.55 bits per heavy atom. The molecule has 1 N–H and O–H groups in total. The molecule has 2 rings (SSSR count). The number of hydrogen-bond acceptors (Lipinski definition) is 4. The summed E-state index contributed by atoms with van der Waals surface area (Å²) in [7, 11) is 1.71. The SMILES string of the molecule is COc1cc(CCC(C)NCc2ccc(Cl)cc2)ccc1OCCN(C(C)C)C(C)C. The summed E-state index contributed by atoms with van der Waals surface area (Å²) in [4.78, 5) is 2.43. The van der Waals surface area contributed by atoms with Crippen LogP contribution in [0.5, 0.6) is 11.5 Å². The number of nitrogens with zero attached hydrogens (tertiary/aromatic N) is 1. The fraction of sp³-hybridized carbons (Fsp3) is 0.538. The predicted octanol–water partition coefficient (Wildman–Crippen LogP) is 5.96. The number of halogens is 1. The normalized spacial score (nSPS) is 12.6. The Morgan fingerprint density at radius 3 is 2.16 bits per heavy atom. The minimum absolute atomic E-state index is 0.413. The molecule has 0 bridgehead atoms. The van der Waals surface area contributed by atoms with E-state index >= 15 is 0 Å². The lowest BCUT2D eigenvalue weighted by Gasteiger charge is -2.30. The largest absolute Gasteiger partial charge is 0.493 e. The number of ether oxygens (including phenoxy) is 2. The van der Waals surface area contributed by atoms with Gasteiger partial charge in [0.2, 0.25) is 0 Å². The van der Waals surface area contributed by atoms with Crippen molar-refractivity contribution in [3.05, 3.63) is 58.6 Å². The first kappa shape index (κ1) is 25.5. The van der Waals surface area contributed by atoms with Crippen LogP contribution in [0, 0.1) is 0 Å². The van der Waals surface area contributed by atoms with Crippen molar-refractivity contribution >= 4 is 11.6 Å². The van der Waals surface area contributed by atoms with E-state index in [2.05, 4.69) is 69.1 Å². The van der Waals surface area contributed by atoms with Gasteiger partial charge in [0.15, 0.2) is 11.5 Å². The molecule has 0 heterocycles. The van der Waals surface area contributed by atoms with Gasteiger partial charge in [-0.25, -0.2) is 0 Å². The molecular weight excluding hydrogens is 408 g/mol. The summed E-state index contributed by atoms with van der Waals surface area (Å²) in [6.45, 7) is 13.5. The maximum absolute atomic E-state index is 6.05. The van der Waals surface area contributed by atoms with Gasteiger partial charge < -0.3 is 14.8 Å². The van der Waals surface area contributed by atoms with Gasteiger partial charge in [-0.2, -0.15) is 0 Å². The van der Waals surface area contributed by atoms with E-state index in [4.69, 9.17) is 21.1 Å². The van der Waals surface area contributed by atoms with Gasteiger partial charge in [0, 0.05) is 36.2 Å². The number of hydrogen-bond donors (Lipinski definition) is 1. The molecule has 0 aliphatic rings. The van der Waals surface area contributed by atoms with Crippen LogP contribution in [0.25, 0.3) is 0 Å². The molecule has 172 valence electrons. The minimum atomic E-state index is 0.413. The second-order valence-corrected chi connectivity index (χ2v) is 9.14. The van der Waals surface area contributed by atoms with Gasteiger partial charge in [-0.05, 0) is 82.9 Å². The van der Waals surface area contributed by atoms with Crippen LogP contribution in [0.2, 0.25) is 5.02 Å². The molecular formula is C26H39ClN2O2. The van der Waals surface area contributed by atoms with Crippen LogP contribution in [0.3, 0.4) is 0 Å². The fourth-order valence-corrected chi connectivity index (χ4v) is 3.87. The van der Waals surface area contributed by atoms with Crippen molar-refractivity contribution in [3.8, 4) is 11.5 Å². The van der Waals surface area contributed by atoms with Crippen molar-refractivity contribution in [2.45, 2.75) is 72.1 Å². The van der Waals surface area contributed by atoms with Crippen LogP contribution in [-0.2, 0) is 13.0 Å². The highest BCUT2D eigenvalue weighted by Gasteiger charge is 2.14. The molecule has 0 amide bonds. The molecule has 1 atom stereocenters. The van der Waals surface area contributed by atoms with E-state index in [1.165, 1.54) is 11.1 Å². The molecule has 0 aliphatic heterocycles. The average Bonchev–Trinajstić information content (AvgIpc) is 2.74.